The van der Waals surface area contributed by atoms with E-state index >= 15 is 0 Å². The van der Waals surface area contributed by atoms with Gasteiger partial charge in [0.15, 0.2) is 18.2 Å². The van der Waals surface area contributed by atoms with Crippen LogP contribution in [0.4, 0.5) is 0 Å². The lowest BCUT2D eigenvalue weighted by Crippen LogP contribution is -2.62. The number of rotatable bonds is 13. The molecule has 0 aromatic heterocycles. The molecule has 0 aliphatic rings. The van der Waals surface area contributed by atoms with Crippen LogP contribution < -0.4 is 10.1 Å². The number of esters is 3. The number of hydrogen-bond donors (Lipinski definition) is 1. The zero-order chi connectivity index (χ0) is 28.3. The number of hydrogen-bond acceptors (Lipinski definition) is 10. The van der Waals surface area contributed by atoms with Crippen LogP contribution in [0.2, 0.25) is 0 Å². The van der Waals surface area contributed by atoms with E-state index in [9.17, 15) is 28.8 Å². The van der Waals surface area contributed by atoms with Crippen LogP contribution in [0.25, 0.3) is 0 Å². The maximum Gasteiger partial charge on any atom is 0.344 e. The smallest absolute Gasteiger partial charge is 0.344 e. The van der Waals surface area contributed by atoms with Gasteiger partial charge in [0, 0.05) is 25.0 Å². The number of carbonyl (C=O) groups is 6. The molecule has 0 heterocycles. The number of amides is 1. The first-order valence-corrected chi connectivity index (χ1v) is 11.7. The molecule has 0 aliphatic carbocycles. The highest BCUT2D eigenvalue weighted by atomic mass is 16.6. The third-order valence-electron chi connectivity index (χ3n) is 5.06. The Morgan fingerprint density at radius 2 is 1.13 bits per heavy atom. The van der Waals surface area contributed by atoms with Crippen molar-refractivity contribution in [2.24, 2.45) is 0 Å². The van der Waals surface area contributed by atoms with Crippen LogP contribution in [0.15, 0.2) is 48.5 Å². The summed E-state index contributed by atoms with van der Waals surface area (Å²) in [5.41, 5.74) is -1.85. The molecular formula is C27H29NO10. The monoisotopic (exact) mass is 527 g/mol. The highest BCUT2D eigenvalue weighted by Gasteiger charge is 2.51. The predicted molar refractivity (Wildman–Crippen MR) is 133 cm³/mol. The minimum Gasteiger partial charge on any atom is -0.464 e. The third-order valence-corrected chi connectivity index (χ3v) is 5.06. The van der Waals surface area contributed by atoms with Gasteiger partial charge in [-0.1, -0.05) is 0 Å². The molecule has 2 aromatic rings. The summed E-state index contributed by atoms with van der Waals surface area (Å²) in [6.07, 6.45) is -0.715. The number of nitrogens with one attached hydrogen (secondary N) is 1. The summed E-state index contributed by atoms with van der Waals surface area (Å²) in [6.45, 7) is 4.84. The fourth-order valence-corrected chi connectivity index (χ4v) is 3.33. The van der Waals surface area contributed by atoms with Crippen LogP contribution in [0.3, 0.4) is 0 Å². The Kier molecular flexibility index (Phi) is 10.7. The molecule has 38 heavy (non-hydrogen) atoms. The second kappa shape index (κ2) is 13.7. The van der Waals surface area contributed by atoms with Gasteiger partial charge in [0.25, 0.3) is 0 Å². The fraction of sp³-hybridized carbons (Fsp3) is 0.333. The zero-order valence-corrected chi connectivity index (χ0v) is 21.5. The van der Waals surface area contributed by atoms with Crippen LogP contribution >= 0.6 is 0 Å². The van der Waals surface area contributed by atoms with Gasteiger partial charge in [-0.2, -0.15) is 0 Å². The largest absolute Gasteiger partial charge is 0.464 e. The van der Waals surface area contributed by atoms with Gasteiger partial charge in [-0.05, 0) is 62.4 Å². The summed E-state index contributed by atoms with van der Waals surface area (Å²) < 4.78 is 20.4. The topological polar surface area (TPSA) is 151 Å². The lowest BCUT2D eigenvalue weighted by Gasteiger charge is -2.29. The molecule has 2 rings (SSSR count). The SMILES string of the molecule is CCOC(=O)C(CC(=O)c1ccc(Oc2ccc(C(=O)COC(C)=O)cc2)cc1)(NC(C)=O)C(=O)OCC. The van der Waals surface area contributed by atoms with Crippen molar-refractivity contribution in [2.45, 2.75) is 39.7 Å². The zero-order valence-electron chi connectivity index (χ0n) is 21.5. The lowest BCUT2D eigenvalue weighted by atomic mass is 9.89. The summed E-state index contributed by atoms with van der Waals surface area (Å²) in [7, 11) is 0. The Labute approximate surface area is 219 Å². The maximum atomic E-state index is 13.1. The van der Waals surface area contributed by atoms with E-state index in [4.69, 9.17) is 18.9 Å². The molecule has 0 bridgehead atoms. The second-order valence-electron chi connectivity index (χ2n) is 7.98. The summed E-state index contributed by atoms with van der Waals surface area (Å²) in [4.78, 5) is 73.2. The van der Waals surface area contributed by atoms with Crippen molar-refractivity contribution in [1.82, 2.24) is 5.32 Å². The van der Waals surface area contributed by atoms with E-state index in [2.05, 4.69) is 5.32 Å². The Bertz CT molecular complexity index is 1170. The average molecular weight is 528 g/mol. The van der Waals surface area contributed by atoms with E-state index in [-0.39, 0.29) is 31.2 Å². The number of carbonyl (C=O) groups excluding carboxylic acids is 6. The minimum atomic E-state index is -2.33. The van der Waals surface area contributed by atoms with E-state index in [0.29, 0.717) is 17.1 Å². The predicted octanol–water partition coefficient (Wildman–Crippen LogP) is 2.80. The fourth-order valence-electron chi connectivity index (χ4n) is 3.33. The Balaban J connectivity index is 2.17. The van der Waals surface area contributed by atoms with E-state index < -0.39 is 41.6 Å². The highest BCUT2D eigenvalue weighted by Crippen LogP contribution is 2.25. The molecule has 0 unspecified atom stereocenters. The van der Waals surface area contributed by atoms with Gasteiger partial charge in [-0.25, -0.2) is 9.59 Å². The standard InChI is InChI=1S/C27H29NO10/c1-5-35-25(33)27(28-17(3)29,26(34)36-6-2)15-23(31)19-7-11-21(12-8-19)38-22-13-9-20(10-14-22)24(32)16-37-18(4)30/h7-14H,5-6,15-16H2,1-4H3,(H,28,29). The van der Waals surface area contributed by atoms with Crippen molar-refractivity contribution < 1.29 is 47.7 Å². The average Bonchev–Trinajstić information content (AvgIpc) is 2.87. The minimum absolute atomic E-state index is 0.0822. The molecule has 0 saturated heterocycles. The van der Waals surface area contributed by atoms with Crippen LogP contribution in [0.1, 0.15) is 54.8 Å². The van der Waals surface area contributed by atoms with Gasteiger partial charge in [-0.15, -0.1) is 0 Å². The van der Waals surface area contributed by atoms with E-state index in [1.54, 1.807) is 12.1 Å². The van der Waals surface area contributed by atoms with Gasteiger partial charge in [0.05, 0.1) is 19.6 Å². The molecule has 1 amide bonds. The Morgan fingerprint density at radius 1 is 0.684 bits per heavy atom. The number of ether oxygens (including phenoxy) is 4. The molecule has 0 saturated carbocycles. The molecular weight excluding hydrogens is 498 g/mol. The van der Waals surface area contributed by atoms with Gasteiger partial charge in [0.1, 0.15) is 11.5 Å². The molecule has 11 heteroatoms. The molecule has 1 N–H and O–H groups in total. The van der Waals surface area contributed by atoms with Crippen molar-refractivity contribution >= 4 is 35.4 Å². The third kappa shape index (κ3) is 7.99. The molecule has 2 aromatic carbocycles. The van der Waals surface area contributed by atoms with E-state index in [1.807, 2.05) is 0 Å². The van der Waals surface area contributed by atoms with Crippen molar-refractivity contribution in [3.05, 3.63) is 59.7 Å². The quantitative estimate of drug-likeness (QED) is 0.178. The lowest BCUT2D eigenvalue weighted by molar-refractivity contribution is -0.167. The van der Waals surface area contributed by atoms with Crippen LogP contribution in [-0.4, -0.2) is 60.7 Å². The van der Waals surface area contributed by atoms with Gasteiger partial charge in [-0.3, -0.25) is 19.2 Å². The molecule has 0 aliphatic heterocycles. The number of ketones is 2. The van der Waals surface area contributed by atoms with Crippen molar-refractivity contribution in [2.75, 3.05) is 19.8 Å². The number of benzene rings is 2. The molecule has 202 valence electrons. The van der Waals surface area contributed by atoms with Gasteiger partial charge in [0.2, 0.25) is 11.4 Å². The van der Waals surface area contributed by atoms with Gasteiger partial charge < -0.3 is 24.3 Å². The molecule has 0 spiro atoms. The summed E-state index contributed by atoms with van der Waals surface area (Å²) in [5.74, 6) is -3.69. The molecule has 0 atom stereocenters. The normalized spacial score (nSPS) is 10.6. The Hall–Kier alpha value is -4.54. The van der Waals surface area contributed by atoms with E-state index in [0.717, 1.165) is 6.92 Å². The first kappa shape index (κ1) is 29.7. The Morgan fingerprint density at radius 3 is 1.53 bits per heavy atom. The van der Waals surface area contributed by atoms with Crippen LogP contribution in [-0.2, 0) is 33.4 Å². The van der Waals surface area contributed by atoms with Gasteiger partial charge >= 0.3 is 17.9 Å². The summed E-state index contributed by atoms with van der Waals surface area (Å²) >= 11 is 0. The van der Waals surface area contributed by atoms with Crippen molar-refractivity contribution in [3.63, 3.8) is 0 Å². The van der Waals surface area contributed by atoms with E-state index in [1.165, 1.54) is 57.2 Å². The van der Waals surface area contributed by atoms with Crippen LogP contribution in [0, 0.1) is 0 Å². The molecule has 0 radical (unpaired) electrons. The highest BCUT2D eigenvalue weighted by molar-refractivity contribution is 6.13. The summed E-state index contributed by atoms with van der Waals surface area (Å²) in [6, 6.07) is 12.0. The van der Waals surface area contributed by atoms with Crippen LogP contribution in [0.5, 0.6) is 11.5 Å². The molecule has 0 fully saturated rings. The number of Topliss-reactive ketones (excluding diaryl/α,β-unsaturated/α-hetero) is 2. The maximum absolute atomic E-state index is 13.1. The molecule has 11 nitrogen and oxygen atoms in total. The summed E-state index contributed by atoms with van der Waals surface area (Å²) in [5, 5.41) is 2.25. The second-order valence-corrected chi connectivity index (χ2v) is 7.98. The first-order chi connectivity index (χ1) is 18.0. The van der Waals surface area contributed by atoms with Crippen molar-refractivity contribution in [1.29, 1.82) is 0 Å². The van der Waals surface area contributed by atoms with Crippen molar-refractivity contribution in [3.8, 4) is 11.5 Å². The first-order valence-electron chi connectivity index (χ1n) is 11.7.